The molecule has 0 aliphatic carbocycles. The second-order valence-electron chi connectivity index (χ2n) is 5.90. The molecule has 138 valence electrons. The van der Waals surface area contributed by atoms with E-state index in [0.29, 0.717) is 17.3 Å². The van der Waals surface area contributed by atoms with Gasteiger partial charge in [-0.1, -0.05) is 29.5 Å². The van der Waals surface area contributed by atoms with E-state index in [1.54, 1.807) is 19.1 Å². The summed E-state index contributed by atoms with van der Waals surface area (Å²) in [6, 6.07) is 11.4. The predicted octanol–water partition coefficient (Wildman–Crippen LogP) is 3.03. The molecule has 1 heterocycles. The zero-order valence-corrected chi connectivity index (χ0v) is 15.8. The molecule has 1 N–H and O–H groups in total. The molecule has 8 heteroatoms. The highest BCUT2D eigenvalue weighted by molar-refractivity contribution is 8.25. The zero-order valence-electron chi connectivity index (χ0n) is 14.2. The molecule has 5 nitrogen and oxygen atoms in total. The van der Waals surface area contributed by atoms with Crippen molar-refractivity contribution in [1.82, 2.24) is 5.32 Å². The van der Waals surface area contributed by atoms with Crippen LogP contribution in [-0.4, -0.2) is 23.6 Å². The number of imide groups is 1. The number of nitrogens with one attached hydrogen (secondary N) is 1. The third kappa shape index (κ3) is 3.61. The van der Waals surface area contributed by atoms with Gasteiger partial charge in [0.2, 0.25) is 13.9 Å². The molecule has 1 aliphatic heterocycles. The first kappa shape index (κ1) is 19.1. The Kier molecular flexibility index (Phi) is 5.09. The first-order chi connectivity index (χ1) is 12.7. The summed E-state index contributed by atoms with van der Waals surface area (Å²) in [5.41, 5.74) is 1.33. The average Bonchev–Trinajstić information content (AvgIpc) is 2.92. The van der Waals surface area contributed by atoms with Crippen molar-refractivity contribution < 1.29 is 22.4 Å². The molecule has 1 saturated heterocycles. The number of aryl methyl sites for hydroxylation is 1. The molecule has 0 radical (unpaired) electrons. The quantitative estimate of drug-likeness (QED) is 0.797. The van der Waals surface area contributed by atoms with Crippen LogP contribution < -0.4 is 5.32 Å². The summed E-state index contributed by atoms with van der Waals surface area (Å²) in [4.78, 5) is 24.1. The van der Waals surface area contributed by atoms with Crippen molar-refractivity contribution in [2.75, 3.05) is 0 Å². The molecule has 1 aliphatic rings. The average molecular weight is 403 g/mol. The van der Waals surface area contributed by atoms with Gasteiger partial charge < -0.3 is 0 Å². The van der Waals surface area contributed by atoms with Gasteiger partial charge in [-0.15, -0.1) is 0 Å². The fourth-order valence-electron chi connectivity index (χ4n) is 2.50. The highest BCUT2D eigenvalue weighted by Crippen LogP contribution is 2.43. The number of amides is 2. The maximum atomic E-state index is 13.2. The first-order valence-electron chi connectivity index (χ1n) is 7.85. The zero-order chi connectivity index (χ0) is 19.7. The van der Waals surface area contributed by atoms with Gasteiger partial charge in [0.25, 0.3) is 11.1 Å². The van der Waals surface area contributed by atoms with Crippen LogP contribution in [-0.2, 0) is 14.6 Å². The first-order valence-corrected chi connectivity index (χ1v) is 10.1. The molecule has 0 saturated carbocycles. The summed E-state index contributed by atoms with van der Waals surface area (Å²) in [5, 5.41) is 1.30. The maximum Gasteiger partial charge on any atom is 0.287 e. The van der Waals surface area contributed by atoms with Crippen LogP contribution >= 0.6 is 11.8 Å². The number of carbonyl (C=O) groups excluding carboxylic acids is 2. The summed E-state index contributed by atoms with van der Waals surface area (Å²) >= 11 is 0.415. The molecular weight excluding hydrogens is 389 g/mol. The largest absolute Gasteiger partial charge is 0.287 e. The lowest BCUT2D eigenvalue weighted by Crippen LogP contribution is -2.43. The second kappa shape index (κ2) is 7.18. The van der Waals surface area contributed by atoms with Gasteiger partial charge in [0.15, 0.2) is 0 Å². The van der Waals surface area contributed by atoms with E-state index in [2.05, 4.69) is 11.8 Å². The number of benzene rings is 2. The van der Waals surface area contributed by atoms with Crippen LogP contribution in [0.1, 0.15) is 17.5 Å². The van der Waals surface area contributed by atoms with E-state index < -0.39 is 30.9 Å². The minimum atomic E-state index is -4.19. The fraction of sp³-hybridized carbons (Fsp3) is 0.158. The molecule has 1 fully saturated rings. The molecule has 2 amide bonds. The van der Waals surface area contributed by atoms with E-state index in [1.165, 1.54) is 36.4 Å². The van der Waals surface area contributed by atoms with Crippen molar-refractivity contribution in [3.63, 3.8) is 0 Å². The van der Waals surface area contributed by atoms with E-state index in [9.17, 15) is 22.4 Å². The number of hydrogen-bond donors (Lipinski definition) is 1. The Hall–Kier alpha value is -2.63. The molecule has 2 aromatic rings. The maximum absolute atomic E-state index is 13.2. The standard InChI is InChI=1S/C19H14FNO4S2/c1-13-4-10-16(11-5-13)27(24,25)19(17(22)21-18(23)26-19)12-2-3-14-6-8-15(20)9-7-14/h4-11H,12H2,1H3,(H,21,22,23). The highest BCUT2D eigenvalue weighted by Gasteiger charge is 2.58. The van der Waals surface area contributed by atoms with Gasteiger partial charge in [0.05, 0.1) is 4.90 Å². The SMILES string of the molecule is Cc1ccc(S(=O)(=O)C2(CC#Cc3ccc(F)cc3)SC(=O)NC2=O)cc1. The number of thioether (sulfide) groups is 1. The van der Waals surface area contributed by atoms with Crippen LogP contribution in [0.3, 0.4) is 0 Å². The normalized spacial score (nSPS) is 19.3. The Morgan fingerprint density at radius 3 is 2.26 bits per heavy atom. The van der Waals surface area contributed by atoms with Gasteiger partial charge in [-0.2, -0.15) is 0 Å². The summed E-state index contributed by atoms with van der Waals surface area (Å²) in [5.74, 6) is 4.03. The lowest BCUT2D eigenvalue weighted by Gasteiger charge is -2.22. The Balaban J connectivity index is 2.01. The van der Waals surface area contributed by atoms with Crippen molar-refractivity contribution in [3.05, 3.63) is 65.5 Å². The third-order valence-corrected chi connectivity index (χ3v) is 7.93. The lowest BCUT2D eigenvalue weighted by molar-refractivity contribution is -0.119. The van der Waals surface area contributed by atoms with Gasteiger partial charge in [0, 0.05) is 12.0 Å². The van der Waals surface area contributed by atoms with Crippen LogP contribution in [0.25, 0.3) is 0 Å². The van der Waals surface area contributed by atoms with E-state index in [1.807, 2.05) is 5.32 Å². The van der Waals surface area contributed by atoms with Gasteiger partial charge in [-0.3, -0.25) is 14.9 Å². The Morgan fingerprint density at radius 2 is 1.70 bits per heavy atom. The van der Waals surface area contributed by atoms with Gasteiger partial charge >= 0.3 is 0 Å². The summed E-state index contributed by atoms with van der Waals surface area (Å²) in [6.45, 7) is 1.81. The molecule has 0 aromatic heterocycles. The van der Waals surface area contributed by atoms with Crippen molar-refractivity contribution >= 4 is 32.7 Å². The van der Waals surface area contributed by atoms with Crippen molar-refractivity contribution in [2.24, 2.45) is 0 Å². The number of sulfone groups is 1. The number of rotatable bonds is 3. The molecule has 1 atom stereocenters. The van der Waals surface area contributed by atoms with E-state index >= 15 is 0 Å². The minimum absolute atomic E-state index is 0.0611. The van der Waals surface area contributed by atoms with E-state index in [0.717, 1.165) is 5.56 Å². The molecule has 0 spiro atoms. The Morgan fingerprint density at radius 1 is 1.07 bits per heavy atom. The number of carbonyl (C=O) groups is 2. The molecule has 1 unspecified atom stereocenters. The van der Waals surface area contributed by atoms with Crippen LogP contribution in [0.4, 0.5) is 9.18 Å². The minimum Gasteiger partial charge on any atom is -0.285 e. The molecular formula is C19H14FNO4S2. The Bertz CT molecular complexity index is 1070. The predicted molar refractivity (Wildman–Crippen MR) is 100 cm³/mol. The monoisotopic (exact) mass is 403 g/mol. The molecule has 2 aromatic carbocycles. The van der Waals surface area contributed by atoms with Crippen molar-refractivity contribution in [3.8, 4) is 11.8 Å². The van der Waals surface area contributed by atoms with E-state index in [4.69, 9.17) is 0 Å². The molecule has 0 bridgehead atoms. The Labute approximate surface area is 160 Å². The number of halogens is 1. The molecule has 3 rings (SSSR count). The highest BCUT2D eigenvalue weighted by atomic mass is 32.3. The van der Waals surface area contributed by atoms with Crippen LogP contribution in [0, 0.1) is 24.6 Å². The van der Waals surface area contributed by atoms with Crippen molar-refractivity contribution in [1.29, 1.82) is 0 Å². The fourth-order valence-corrected chi connectivity index (χ4v) is 5.62. The van der Waals surface area contributed by atoms with Gasteiger partial charge in [0.1, 0.15) is 5.82 Å². The lowest BCUT2D eigenvalue weighted by atomic mass is 10.2. The van der Waals surface area contributed by atoms with Crippen LogP contribution in [0.2, 0.25) is 0 Å². The topological polar surface area (TPSA) is 80.3 Å². The van der Waals surface area contributed by atoms with Gasteiger partial charge in [-0.05, 0) is 55.1 Å². The second-order valence-corrected chi connectivity index (χ2v) is 9.60. The summed E-state index contributed by atoms with van der Waals surface area (Å²) in [7, 11) is -4.19. The third-order valence-electron chi connectivity index (χ3n) is 3.98. The van der Waals surface area contributed by atoms with Crippen LogP contribution in [0.15, 0.2) is 53.4 Å². The van der Waals surface area contributed by atoms with Crippen molar-refractivity contribution in [2.45, 2.75) is 22.3 Å². The van der Waals surface area contributed by atoms with Gasteiger partial charge in [-0.25, -0.2) is 12.8 Å². The van der Waals surface area contributed by atoms with Crippen LogP contribution in [0.5, 0.6) is 0 Å². The number of hydrogen-bond acceptors (Lipinski definition) is 5. The molecule has 27 heavy (non-hydrogen) atoms. The summed E-state index contributed by atoms with van der Waals surface area (Å²) < 4.78 is 37.2. The summed E-state index contributed by atoms with van der Waals surface area (Å²) in [6.07, 6.45) is -0.386. The van der Waals surface area contributed by atoms with E-state index in [-0.39, 0.29) is 11.3 Å². The smallest absolute Gasteiger partial charge is 0.285 e.